The van der Waals surface area contributed by atoms with E-state index in [1.807, 2.05) is 30.6 Å². The van der Waals surface area contributed by atoms with Gasteiger partial charge in [0.05, 0.1) is 30.4 Å². The number of imide groups is 1. The van der Waals surface area contributed by atoms with E-state index in [9.17, 15) is 43.2 Å². The van der Waals surface area contributed by atoms with Gasteiger partial charge in [0, 0.05) is 98.5 Å². The predicted octanol–water partition coefficient (Wildman–Crippen LogP) is 5.03. The van der Waals surface area contributed by atoms with Crippen molar-refractivity contribution in [3.8, 4) is 23.1 Å². The second-order valence-electron chi connectivity index (χ2n) is 22.9. The Bertz CT molecular complexity index is 4360. The number of benzene rings is 3. The minimum Gasteiger partial charge on any atom is -0.494 e. The smallest absolute Gasteiger partial charge is 0.410 e. The molecule has 2 aliphatic heterocycles. The van der Waals surface area contributed by atoms with Crippen LogP contribution in [-0.2, 0) is 61.4 Å². The number of carbonyl (C=O) groups excluding carboxylic acids is 9. The third-order valence-electron chi connectivity index (χ3n) is 15.9. The van der Waals surface area contributed by atoms with Crippen molar-refractivity contribution in [2.75, 3.05) is 44.0 Å². The van der Waals surface area contributed by atoms with Gasteiger partial charge in [-0.3, -0.25) is 48.6 Å². The maximum absolute atomic E-state index is 13.8. The lowest BCUT2D eigenvalue weighted by atomic mass is 9.97. The summed E-state index contributed by atoms with van der Waals surface area (Å²) in [5, 5.41) is 16.6. The van der Waals surface area contributed by atoms with Gasteiger partial charge in [0.15, 0.2) is 17.5 Å². The van der Waals surface area contributed by atoms with Crippen molar-refractivity contribution in [2.24, 2.45) is 23.3 Å². The molecule has 8 N–H and O–H groups in total. The minimum absolute atomic E-state index is 0.0334. The molecule has 10 rings (SSSR count). The van der Waals surface area contributed by atoms with Crippen molar-refractivity contribution >= 4 is 98.0 Å². The molecule has 1 saturated heterocycles. The molecule has 0 spiro atoms. The van der Waals surface area contributed by atoms with Crippen LogP contribution >= 0.6 is 0 Å². The Morgan fingerprint density at radius 1 is 0.798 bits per heavy atom. The number of nitrogens with zero attached hydrogens (tertiary/aromatic N) is 11. The molecule has 94 heavy (non-hydrogen) atoms. The van der Waals surface area contributed by atoms with Crippen LogP contribution < -0.4 is 42.2 Å². The van der Waals surface area contributed by atoms with Crippen molar-refractivity contribution in [3.63, 3.8) is 0 Å². The summed E-state index contributed by atoms with van der Waals surface area (Å²) in [6, 6.07) is 10.9. The zero-order chi connectivity index (χ0) is 67.2. The number of aryl methyl sites for hydroxylation is 4. The largest absolute Gasteiger partial charge is 0.494 e. The molecule has 1 fully saturated rings. The molecule has 7 heterocycles. The molecule has 0 aliphatic carbocycles. The van der Waals surface area contributed by atoms with Gasteiger partial charge in [-0.2, -0.15) is 5.10 Å². The summed E-state index contributed by atoms with van der Waals surface area (Å²) in [4.78, 5) is 141. The number of ether oxygens (including phenoxy) is 3. The number of imidazole rings is 1. The zero-order valence-electron chi connectivity index (χ0n) is 53.0. The average molecular weight is 1290 g/mol. The number of carbonyl (C=O) groups is 9. The van der Waals surface area contributed by atoms with Gasteiger partial charge in [0.2, 0.25) is 41.2 Å². The summed E-state index contributed by atoms with van der Waals surface area (Å²) in [6.45, 7) is 13.7. The molecule has 8 aromatic rings. The summed E-state index contributed by atoms with van der Waals surface area (Å²) < 4.78 is 29.0. The number of anilines is 2. The minimum atomic E-state index is -1.00. The molecule has 9 amide bonds. The zero-order valence-corrected chi connectivity index (χ0v) is 53.0. The van der Waals surface area contributed by atoms with Crippen LogP contribution in [0, 0.1) is 25.7 Å². The highest BCUT2D eigenvalue weighted by Gasteiger charge is 2.33. The number of allylic oxidation sites excluding steroid dienone is 2. The van der Waals surface area contributed by atoms with E-state index in [2.05, 4.69) is 36.3 Å². The van der Waals surface area contributed by atoms with Gasteiger partial charge in [-0.1, -0.05) is 45.1 Å². The first-order valence-electron chi connectivity index (χ1n) is 30.5. The van der Waals surface area contributed by atoms with E-state index in [1.54, 1.807) is 84.4 Å². The van der Waals surface area contributed by atoms with Gasteiger partial charge in [-0.25, -0.2) is 34.4 Å². The van der Waals surface area contributed by atoms with Gasteiger partial charge < -0.3 is 60.1 Å². The molecule has 3 aromatic carbocycles. The van der Waals surface area contributed by atoms with Crippen LogP contribution in [0.1, 0.15) is 102 Å². The van der Waals surface area contributed by atoms with Crippen LogP contribution in [0.5, 0.6) is 11.5 Å². The first kappa shape index (κ1) is 65.6. The van der Waals surface area contributed by atoms with Gasteiger partial charge in [0.1, 0.15) is 47.2 Å². The number of hydrogen-bond donors (Lipinski definition) is 6. The van der Waals surface area contributed by atoms with E-state index >= 15 is 0 Å². The fraction of sp³-hybridized carbons (Fsp3) is 0.359. The molecular weight excluding hydrogens is 1210 g/mol. The van der Waals surface area contributed by atoms with Crippen molar-refractivity contribution in [3.05, 3.63) is 119 Å². The number of rotatable bonds is 27. The Labute approximate surface area is 537 Å². The molecule has 30 nitrogen and oxygen atoms in total. The molecule has 5 aromatic heterocycles. The predicted molar refractivity (Wildman–Crippen MR) is 341 cm³/mol. The van der Waals surface area contributed by atoms with Crippen LogP contribution in [0.3, 0.4) is 0 Å². The lowest BCUT2D eigenvalue weighted by molar-refractivity contribution is -0.137. The van der Waals surface area contributed by atoms with Crippen LogP contribution in [0.15, 0.2) is 83.4 Å². The molecule has 0 radical (unpaired) electrons. The van der Waals surface area contributed by atoms with Crippen molar-refractivity contribution < 1.29 is 61.8 Å². The van der Waals surface area contributed by atoms with E-state index in [0.29, 0.717) is 112 Å². The lowest BCUT2D eigenvalue weighted by Crippen LogP contribution is -2.54. The normalized spacial score (nSPS) is 13.9. The molecule has 2 atom stereocenters. The maximum atomic E-state index is 13.8. The number of likely N-dealkylation sites (tertiary alicyclic amines) is 1. The summed E-state index contributed by atoms with van der Waals surface area (Å²) in [6.07, 6.45) is 7.88. The van der Waals surface area contributed by atoms with E-state index < -0.39 is 65.4 Å². The van der Waals surface area contributed by atoms with Gasteiger partial charge in [-0.05, 0) is 87.4 Å². The van der Waals surface area contributed by atoms with Crippen LogP contribution in [-0.4, -0.2) is 152 Å². The third-order valence-corrected chi connectivity index (χ3v) is 15.9. The molecule has 2 aliphatic rings. The number of amides is 9. The SMILES string of the molecule is CCc1nc(C)oc1C(=O)Nc1nc2cc(C(N)=O)cc(OC)c2n1C/C=C/Cn1c2nc(-c3nc(C)nn3CC)ncc2c2cc(C(N)=O)cc(OCCC3CN(C(=O)OCc4ccc(NC(=O)[C@H](C)NC(=O)[C@@H](NC(=O)CCN5C(=O)C=CC5=O)C(C)C)cc4)C3)c21. The number of nitrogens with one attached hydrogen (secondary N) is 4. The van der Waals surface area contributed by atoms with Crippen LogP contribution in [0.2, 0.25) is 0 Å². The topological polar surface area (TPSA) is 393 Å². The Balaban J connectivity index is 0.793. The number of methoxy groups -OCH3 is 1. The van der Waals surface area contributed by atoms with E-state index in [1.165, 1.54) is 26.2 Å². The Morgan fingerprint density at radius 2 is 1.49 bits per heavy atom. The number of fused-ring (bicyclic) bond motifs is 4. The lowest BCUT2D eigenvalue weighted by Gasteiger charge is -2.38. The number of aromatic nitrogens is 9. The molecule has 0 unspecified atom stereocenters. The molecular formula is C64H71N17O13. The summed E-state index contributed by atoms with van der Waals surface area (Å²) in [5.74, 6) is -2.61. The summed E-state index contributed by atoms with van der Waals surface area (Å²) in [7, 11) is 1.45. The number of primary amides is 2. The highest BCUT2D eigenvalue weighted by Crippen LogP contribution is 2.37. The van der Waals surface area contributed by atoms with Crippen molar-refractivity contribution in [2.45, 2.75) is 106 Å². The van der Waals surface area contributed by atoms with E-state index in [4.69, 9.17) is 45.0 Å². The quantitative estimate of drug-likeness (QED) is 0.0290. The van der Waals surface area contributed by atoms with Crippen LogP contribution in [0.4, 0.5) is 16.4 Å². The second kappa shape index (κ2) is 28.0. The third kappa shape index (κ3) is 14.2. The fourth-order valence-electron chi connectivity index (χ4n) is 11.0. The van der Waals surface area contributed by atoms with Crippen molar-refractivity contribution in [1.82, 2.24) is 64.3 Å². The highest BCUT2D eigenvalue weighted by molar-refractivity contribution is 6.13. The standard InChI is InChI=1S/C64H71N17O13/c1-9-44-54(94-36(7)70-44)62(89)75-63-72-45-26-40(56(66)86)27-46(91-8)53(45)80(63)22-12-11-21-79-52-42(43-29-67-57(74-58(43)79)59-69-35(6)76-81(59)10-2)25-39(55(65)85)28-47(52)92-24-20-38-30-77(31-38)64(90)93-32-37-13-15-41(16-14-37)71-60(87)34(5)68-61(88)51(33(3)4)73-48(82)19-23-78-49(83)17-18-50(78)84/h11-18,25-29,33-34,38,51H,9-10,19-24,30-32H2,1-8H3,(H2,65,85)(H2,66,86)(H,68,88)(H,71,87)(H,73,82)(H,72,75,89)/b12-11+/t34-,51-/m0/s1. The van der Waals surface area contributed by atoms with Gasteiger partial charge >= 0.3 is 6.09 Å². The van der Waals surface area contributed by atoms with Crippen LogP contribution in [0.25, 0.3) is 44.6 Å². The molecule has 0 bridgehead atoms. The fourth-order valence-corrected chi connectivity index (χ4v) is 11.0. The summed E-state index contributed by atoms with van der Waals surface area (Å²) in [5.41, 5.74) is 15.4. The second-order valence-corrected chi connectivity index (χ2v) is 22.9. The maximum Gasteiger partial charge on any atom is 0.410 e. The van der Waals surface area contributed by atoms with E-state index in [0.717, 1.165) is 17.1 Å². The highest BCUT2D eigenvalue weighted by atomic mass is 16.6. The van der Waals surface area contributed by atoms with Gasteiger partial charge in [-0.15, -0.1) is 0 Å². The Morgan fingerprint density at radius 3 is 2.16 bits per heavy atom. The van der Waals surface area contributed by atoms with Gasteiger partial charge in [0.25, 0.3) is 17.7 Å². The number of nitrogens with two attached hydrogens (primary N) is 2. The van der Waals surface area contributed by atoms with Crippen molar-refractivity contribution in [1.29, 1.82) is 0 Å². The molecule has 30 heteroatoms. The first-order valence-corrected chi connectivity index (χ1v) is 30.5. The first-order chi connectivity index (χ1) is 45.0. The number of hydrogen-bond acceptors (Lipinski definition) is 19. The molecule has 490 valence electrons. The Hall–Kier alpha value is -11.3. The van der Waals surface area contributed by atoms with E-state index in [-0.39, 0.29) is 79.7 Å². The monoisotopic (exact) mass is 1290 g/mol. The number of oxazole rings is 1. The Kier molecular flexibility index (Phi) is 19.6. The molecule has 0 saturated carbocycles. The summed E-state index contributed by atoms with van der Waals surface area (Å²) >= 11 is 0. The average Bonchev–Trinajstić information content (AvgIpc) is 1.59.